The summed E-state index contributed by atoms with van der Waals surface area (Å²) < 4.78 is 6.11. The van der Waals surface area contributed by atoms with Crippen LogP contribution in [0.25, 0.3) is 0 Å². The average molecular weight is 321 g/mol. The van der Waals surface area contributed by atoms with E-state index in [0.29, 0.717) is 23.7 Å². The second-order valence-corrected chi connectivity index (χ2v) is 4.99. The first-order valence-corrected chi connectivity index (χ1v) is 6.56. The molecule has 5 heteroatoms. The lowest BCUT2D eigenvalue weighted by molar-refractivity contribution is 0.0695. The summed E-state index contributed by atoms with van der Waals surface area (Å²) in [7, 11) is 0. The summed E-state index contributed by atoms with van der Waals surface area (Å²) in [6.45, 7) is 4.96. The number of ether oxygens (including phenoxy) is 1. The van der Waals surface area contributed by atoms with Crippen LogP contribution in [0.15, 0.2) is 22.7 Å². The molecule has 0 heterocycles. The van der Waals surface area contributed by atoms with Gasteiger partial charge in [0.25, 0.3) is 5.91 Å². The topological polar surface area (TPSA) is 38.3 Å². The zero-order valence-corrected chi connectivity index (χ0v) is 12.1. The van der Waals surface area contributed by atoms with Crippen molar-refractivity contribution in [2.75, 3.05) is 13.2 Å². The van der Waals surface area contributed by atoms with Gasteiger partial charge in [0.2, 0.25) is 0 Å². The number of carbonyl (C=O) groups is 1. The van der Waals surface area contributed by atoms with Crippen molar-refractivity contribution in [2.45, 2.75) is 20.0 Å². The highest BCUT2D eigenvalue weighted by Gasteiger charge is 2.09. The molecule has 1 amide bonds. The molecule has 94 valence electrons. The zero-order valence-electron chi connectivity index (χ0n) is 9.80. The number of hydrogen-bond donors (Lipinski definition) is 1. The molecule has 0 aromatic heterocycles. The summed E-state index contributed by atoms with van der Waals surface area (Å²) in [5, 5.41) is 3.32. The van der Waals surface area contributed by atoms with E-state index in [-0.39, 0.29) is 12.0 Å². The molecule has 0 saturated carbocycles. The van der Waals surface area contributed by atoms with Gasteiger partial charge in [0.05, 0.1) is 6.10 Å². The predicted octanol–water partition coefficient (Wildman–Crippen LogP) is 3.26. The van der Waals surface area contributed by atoms with Crippen LogP contribution in [0.4, 0.5) is 0 Å². The van der Waals surface area contributed by atoms with Gasteiger partial charge in [0.1, 0.15) is 0 Å². The van der Waals surface area contributed by atoms with Crippen LogP contribution < -0.4 is 5.32 Å². The average Bonchev–Trinajstić information content (AvgIpc) is 2.25. The monoisotopic (exact) mass is 319 g/mol. The fraction of sp³-hybridized carbons (Fsp3) is 0.417. The minimum absolute atomic E-state index is 0.00609. The van der Waals surface area contributed by atoms with Crippen molar-refractivity contribution < 1.29 is 9.53 Å². The number of benzene rings is 1. The van der Waals surface area contributed by atoms with Crippen LogP contribution in [-0.2, 0) is 4.74 Å². The van der Waals surface area contributed by atoms with Crippen LogP contribution in [0.5, 0.6) is 0 Å². The third kappa shape index (κ3) is 5.06. The van der Waals surface area contributed by atoms with Gasteiger partial charge in [-0.05, 0) is 32.0 Å². The molecule has 1 atom stereocenters. The van der Waals surface area contributed by atoms with Crippen LogP contribution in [0, 0.1) is 0 Å². The van der Waals surface area contributed by atoms with Gasteiger partial charge in [0.15, 0.2) is 0 Å². The molecule has 0 aliphatic rings. The van der Waals surface area contributed by atoms with Crippen molar-refractivity contribution in [1.29, 1.82) is 0 Å². The van der Waals surface area contributed by atoms with E-state index in [9.17, 15) is 4.79 Å². The Morgan fingerprint density at radius 3 is 2.82 bits per heavy atom. The number of rotatable bonds is 5. The number of halogens is 2. The van der Waals surface area contributed by atoms with Gasteiger partial charge in [-0.15, -0.1) is 0 Å². The van der Waals surface area contributed by atoms with Gasteiger partial charge in [-0.1, -0.05) is 27.5 Å². The smallest absolute Gasteiger partial charge is 0.251 e. The van der Waals surface area contributed by atoms with E-state index in [0.717, 1.165) is 4.47 Å². The Kier molecular flexibility index (Phi) is 5.95. The minimum Gasteiger partial charge on any atom is -0.377 e. The SMILES string of the molecule is CCOC(C)CNC(=O)c1cc(Cl)cc(Br)c1. The maximum absolute atomic E-state index is 11.8. The van der Waals surface area contributed by atoms with Gasteiger partial charge in [-0.3, -0.25) is 4.79 Å². The molecule has 17 heavy (non-hydrogen) atoms. The van der Waals surface area contributed by atoms with Crippen LogP contribution in [0.1, 0.15) is 24.2 Å². The van der Waals surface area contributed by atoms with E-state index in [1.165, 1.54) is 0 Å². The molecule has 0 fully saturated rings. The van der Waals surface area contributed by atoms with E-state index in [2.05, 4.69) is 21.2 Å². The maximum atomic E-state index is 11.8. The first-order valence-electron chi connectivity index (χ1n) is 5.38. The van der Waals surface area contributed by atoms with Crippen molar-refractivity contribution in [3.63, 3.8) is 0 Å². The lowest BCUT2D eigenvalue weighted by atomic mass is 10.2. The Morgan fingerprint density at radius 1 is 1.53 bits per heavy atom. The summed E-state index contributed by atoms with van der Waals surface area (Å²) in [5.41, 5.74) is 0.535. The summed E-state index contributed by atoms with van der Waals surface area (Å²) in [4.78, 5) is 11.8. The van der Waals surface area contributed by atoms with Gasteiger partial charge in [-0.25, -0.2) is 0 Å². The summed E-state index contributed by atoms with van der Waals surface area (Å²) in [5.74, 6) is -0.153. The van der Waals surface area contributed by atoms with Gasteiger partial charge < -0.3 is 10.1 Å². The standard InChI is InChI=1S/C12H15BrClNO2/c1-3-17-8(2)7-15-12(16)9-4-10(13)6-11(14)5-9/h4-6,8H,3,7H2,1-2H3,(H,15,16). The molecule has 0 radical (unpaired) electrons. The first kappa shape index (κ1) is 14.5. The van der Waals surface area contributed by atoms with Crippen molar-refractivity contribution in [2.24, 2.45) is 0 Å². The molecule has 1 aromatic carbocycles. The lowest BCUT2D eigenvalue weighted by Gasteiger charge is -2.12. The van der Waals surface area contributed by atoms with Crippen LogP contribution in [-0.4, -0.2) is 25.2 Å². The molecule has 0 saturated heterocycles. The van der Waals surface area contributed by atoms with Crippen LogP contribution >= 0.6 is 27.5 Å². The molecular weight excluding hydrogens is 305 g/mol. The van der Waals surface area contributed by atoms with Crippen LogP contribution in [0.3, 0.4) is 0 Å². The summed E-state index contributed by atoms with van der Waals surface area (Å²) >= 11 is 9.17. The third-order valence-corrected chi connectivity index (χ3v) is 2.80. The number of hydrogen-bond acceptors (Lipinski definition) is 2. The van der Waals surface area contributed by atoms with Crippen molar-refractivity contribution in [3.8, 4) is 0 Å². The van der Waals surface area contributed by atoms with E-state index in [1.54, 1.807) is 18.2 Å². The summed E-state index contributed by atoms with van der Waals surface area (Å²) in [6.07, 6.45) is 0.00609. The Hall–Kier alpha value is -0.580. The van der Waals surface area contributed by atoms with E-state index >= 15 is 0 Å². The highest BCUT2D eigenvalue weighted by molar-refractivity contribution is 9.10. The largest absolute Gasteiger partial charge is 0.377 e. The maximum Gasteiger partial charge on any atom is 0.251 e. The first-order chi connectivity index (χ1) is 8.02. The van der Waals surface area contributed by atoms with Gasteiger partial charge >= 0.3 is 0 Å². The Balaban J connectivity index is 2.58. The molecule has 1 N–H and O–H groups in total. The Labute approximate surface area is 115 Å². The molecule has 0 aliphatic heterocycles. The van der Waals surface area contributed by atoms with E-state index in [1.807, 2.05) is 13.8 Å². The number of carbonyl (C=O) groups excluding carboxylic acids is 1. The second-order valence-electron chi connectivity index (χ2n) is 3.63. The lowest BCUT2D eigenvalue weighted by Crippen LogP contribution is -2.32. The van der Waals surface area contributed by atoms with Crippen molar-refractivity contribution in [3.05, 3.63) is 33.3 Å². The van der Waals surface area contributed by atoms with E-state index in [4.69, 9.17) is 16.3 Å². The third-order valence-electron chi connectivity index (χ3n) is 2.13. The fourth-order valence-electron chi connectivity index (χ4n) is 1.37. The summed E-state index contributed by atoms with van der Waals surface area (Å²) in [6, 6.07) is 5.10. The molecular formula is C12H15BrClNO2. The zero-order chi connectivity index (χ0) is 12.8. The molecule has 3 nitrogen and oxygen atoms in total. The van der Waals surface area contributed by atoms with E-state index < -0.39 is 0 Å². The molecule has 0 aliphatic carbocycles. The van der Waals surface area contributed by atoms with Gasteiger partial charge in [-0.2, -0.15) is 0 Å². The molecule has 1 unspecified atom stereocenters. The van der Waals surface area contributed by atoms with Crippen LogP contribution in [0.2, 0.25) is 5.02 Å². The number of amides is 1. The quantitative estimate of drug-likeness (QED) is 0.904. The molecule has 0 bridgehead atoms. The molecule has 0 spiro atoms. The minimum atomic E-state index is -0.153. The highest BCUT2D eigenvalue weighted by Crippen LogP contribution is 2.19. The number of nitrogens with one attached hydrogen (secondary N) is 1. The Bertz CT molecular complexity index is 378. The molecule has 1 rings (SSSR count). The molecule has 1 aromatic rings. The fourth-order valence-corrected chi connectivity index (χ4v) is 2.23. The highest BCUT2D eigenvalue weighted by atomic mass is 79.9. The Morgan fingerprint density at radius 2 is 2.24 bits per heavy atom. The normalized spacial score (nSPS) is 12.2. The predicted molar refractivity (Wildman–Crippen MR) is 72.6 cm³/mol. The van der Waals surface area contributed by atoms with Crippen molar-refractivity contribution in [1.82, 2.24) is 5.32 Å². The second kappa shape index (κ2) is 6.99. The van der Waals surface area contributed by atoms with Gasteiger partial charge in [0, 0.05) is 28.2 Å². The van der Waals surface area contributed by atoms with Crippen molar-refractivity contribution >= 4 is 33.4 Å².